The van der Waals surface area contributed by atoms with Crippen molar-refractivity contribution in [2.75, 3.05) is 11.9 Å². The van der Waals surface area contributed by atoms with Crippen LogP contribution in [0, 0.1) is 0 Å². The summed E-state index contributed by atoms with van der Waals surface area (Å²) in [4.78, 5) is 28.1. The molecule has 1 saturated carbocycles. The molecule has 3 rings (SSSR count). The van der Waals surface area contributed by atoms with Gasteiger partial charge in [-0.15, -0.1) is 11.3 Å². The summed E-state index contributed by atoms with van der Waals surface area (Å²) in [6.07, 6.45) is 2.34. The van der Waals surface area contributed by atoms with E-state index in [-0.39, 0.29) is 18.4 Å². The SMILES string of the molecule is O=C(CNC(=O)c1ccccc1Cl)Nc1nc(C2CC2)cs1. The summed E-state index contributed by atoms with van der Waals surface area (Å²) in [6, 6.07) is 6.70. The van der Waals surface area contributed by atoms with Gasteiger partial charge in [-0.05, 0) is 25.0 Å². The van der Waals surface area contributed by atoms with E-state index >= 15 is 0 Å². The van der Waals surface area contributed by atoms with Crippen LogP contribution in [0.4, 0.5) is 5.13 Å². The number of carbonyl (C=O) groups is 2. The highest BCUT2D eigenvalue weighted by Crippen LogP contribution is 2.40. The van der Waals surface area contributed by atoms with Crippen molar-refractivity contribution >= 4 is 39.9 Å². The lowest BCUT2D eigenvalue weighted by atomic mass is 10.2. The van der Waals surface area contributed by atoms with Gasteiger partial charge in [0.1, 0.15) is 0 Å². The van der Waals surface area contributed by atoms with Crippen molar-refractivity contribution in [2.45, 2.75) is 18.8 Å². The van der Waals surface area contributed by atoms with Crippen LogP contribution in [0.5, 0.6) is 0 Å². The third-order valence-corrected chi connectivity index (χ3v) is 4.40. The van der Waals surface area contributed by atoms with Gasteiger partial charge in [0.2, 0.25) is 5.91 Å². The molecular weight excluding hydrogens is 322 g/mol. The summed E-state index contributed by atoms with van der Waals surface area (Å²) in [7, 11) is 0. The van der Waals surface area contributed by atoms with Crippen LogP contribution in [-0.4, -0.2) is 23.3 Å². The van der Waals surface area contributed by atoms with Crippen LogP contribution < -0.4 is 10.6 Å². The third-order valence-electron chi connectivity index (χ3n) is 3.29. The van der Waals surface area contributed by atoms with E-state index in [1.807, 2.05) is 5.38 Å². The number of amides is 2. The minimum atomic E-state index is -0.376. The Labute approximate surface area is 136 Å². The molecular formula is C15H14ClN3O2S. The van der Waals surface area contributed by atoms with Crippen molar-refractivity contribution in [3.8, 4) is 0 Å². The maximum Gasteiger partial charge on any atom is 0.253 e. The van der Waals surface area contributed by atoms with Crippen molar-refractivity contribution in [2.24, 2.45) is 0 Å². The molecule has 0 spiro atoms. The average Bonchev–Trinajstić information content (AvgIpc) is 3.26. The summed E-state index contributed by atoms with van der Waals surface area (Å²) in [6.45, 7) is -0.123. The zero-order valence-electron chi connectivity index (χ0n) is 11.6. The second kappa shape index (κ2) is 6.46. The molecule has 5 nitrogen and oxygen atoms in total. The van der Waals surface area contributed by atoms with E-state index in [1.54, 1.807) is 24.3 Å². The number of nitrogens with zero attached hydrogens (tertiary/aromatic N) is 1. The molecule has 1 aromatic carbocycles. The molecule has 2 amide bonds. The first-order valence-corrected chi connectivity index (χ1v) is 8.17. The Kier molecular flexibility index (Phi) is 4.40. The Morgan fingerprint density at radius 3 is 2.82 bits per heavy atom. The number of benzene rings is 1. The normalized spacial score (nSPS) is 13.7. The molecule has 1 aliphatic rings. The van der Waals surface area contributed by atoms with Crippen molar-refractivity contribution in [3.05, 3.63) is 45.9 Å². The summed E-state index contributed by atoms with van der Waals surface area (Å²) >= 11 is 7.34. The molecule has 7 heteroatoms. The van der Waals surface area contributed by atoms with Crippen LogP contribution in [-0.2, 0) is 4.79 Å². The number of halogens is 1. The number of hydrogen-bond donors (Lipinski definition) is 2. The number of rotatable bonds is 5. The Morgan fingerprint density at radius 2 is 2.09 bits per heavy atom. The third kappa shape index (κ3) is 3.64. The average molecular weight is 336 g/mol. The van der Waals surface area contributed by atoms with Crippen LogP contribution in [0.15, 0.2) is 29.6 Å². The first-order chi connectivity index (χ1) is 10.6. The van der Waals surface area contributed by atoms with E-state index in [4.69, 9.17) is 11.6 Å². The van der Waals surface area contributed by atoms with Gasteiger partial charge in [0.05, 0.1) is 22.8 Å². The second-order valence-electron chi connectivity index (χ2n) is 5.06. The van der Waals surface area contributed by atoms with Crippen molar-refractivity contribution in [1.82, 2.24) is 10.3 Å². The zero-order valence-corrected chi connectivity index (χ0v) is 13.2. The first-order valence-electron chi connectivity index (χ1n) is 6.91. The molecule has 0 unspecified atom stereocenters. The smallest absolute Gasteiger partial charge is 0.253 e. The maximum atomic E-state index is 11.9. The predicted octanol–water partition coefficient (Wildman–Crippen LogP) is 3.04. The highest BCUT2D eigenvalue weighted by atomic mass is 35.5. The standard InChI is InChI=1S/C15H14ClN3O2S/c16-11-4-2-1-3-10(11)14(21)17-7-13(20)19-15-18-12(8-22-15)9-5-6-9/h1-4,8-9H,5-7H2,(H,17,21)(H,18,19,20). The Bertz CT molecular complexity index is 712. The van der Waals surface area contributed by atoms with Crippen molar-refractivity contribution < 1.29 is 9.59 Å². The van der Waals surface area contributed by atoms with Gasteiger partial charge in [-0.2, -0.15) is 0 Å². The second-order valence-corrected chi connectivity index (χ2v) is 6.33. The van der Waals surface area contributed by atoms with Crippen LogP contribution in [0.3, 0.4) is 0 Å². The van der Waals surface area contributed by atoms with Gasteiger partial charge in [-0.25, -0.2) is 4.98 Å². The molecule has 1 fully saturated rings. The minimum absolute atomic E-state index is 0.123. The highest BCUT2D eigenvalue weighted by Gasteiger charge is 2.26. The van der Waals surface area contributed by atoms with E-state index < -0.39 is 0 Å². The van der Waals surface area contributed by atoms with Crippen LogP contribution in [0.2, 0.25) is 5.02 Å². The molecule has 22 heavy (non-hydrogen) atoms. The van der Waals surface area contributed by atoms with E-state index in [0.717, 1.165) is 5.69 Å². The van der Waals surface area contributed by atoms with Crippen molar-refractivity contribution in [1.29, 1.82) is 0 Å². The number of thiazole rings is 1. The lowest BCUT2D eigenvalue weighted by Crippen LogP contribution is -2.33. The molecule has 0 aliphatic heterocycles. The fourth-order valence-electron chi connectivity index (χ4n) is 1.97. The van der Waals surface area contributed by atoms with Gasteiger partial charge >= 0.3 is 0 Å². The molecule has 0 radical (unpaired) electrons. The Hall–Kier alpha value is -1.92. The van der Waals surface area contributed by atoms with Gasteiger partial charge in [-0.1, -0.05) is 23.7 Å². The molecule has 2 N–H and O–H groups in total. The van der Waals surface area contributed by atoms with Crippen LogP contribution in [0.25, 0.3) is 0 Å². The molecule has 1 aliphatic carbocycles. The topological polar surface area (TPSA) is 71.1 Å². The van der Waals surface area contributed by atoms with Gasteiger partial charge in [-0.3, -0.25) is 9.59 Å². The zero-order chi connectivity index (χ0) is 15.5. The number of nitrogens with one attached hydrogen (secondary N) is 2. The number of anilines is 1. The summed E-state index contributed by atoms with van der Waals surface area (Å²) in [5.41, 5.74) is 1.39. The van der Waals surface area contributed by atoms with E-state index in [1.165, 1.54) is 24.2 Å². The number of aromatic nitrogens is 1. The van der Waals surface area contributed by atoms with Gasteiger partial charge < -0.3 is 10.6 Å². The predicted molar refractivity (Wildman–Crippen MR) is 86.5 cm³/mol. The van der Waals surface area contributed by atoms with Gasteiger partial charge in [0, 0.05) is 11.3 Å². The lowest BCUT2D eigenvalue weighted by molar-refractivity contribution is -0.115. The number of carbonyl (C=O) groups excluding carboxylic acids is 2. The number of hydrogen-bond acceptors (Lipinski definition) is 4. The van der Waals surface area contributed by atoms with E-state index in [2.05, 4.69) is 15.6 Å². The molecule has 0 bridgehead atoms. The van der Waals surface area contributed by atoms with E-state index in [9.17, 15) is 9.59 Å². The summed E-state index contributed by atoms with van der Waals surface area (Å²) in [5.74, 6) is -0.127. The monoisotopic (exact) mass is 335 g/mol. The fraction of sp³-hybridized carbons (Fsp3) is 0.267. The van der Waals surface area contributed by atoms with Gasteiger partial charge in [0.15, 0.2) is 5.13 Å². The van der Waals surface area contributed by atoms with Crippen molar-refractivity contribution in [3.63, 3.8) is 0 Å². The molecule has 1 aromatic heterocycles. The molecule has 0 atom stereocenters. The fourth-order valence-corrected chi connectivity index (χ4v) is 3.00. The Balaban J connectivity index is 1.51. The maximum absolute atomic E-state index is 11.9. The minimum Gasteiger partial charge on any atom is -0.343 e. The first kappa shape index (κ1) is 15.0. The van der Waals surface area contributed by atoms with Gasteiger partial charge in [0.25, 0.3) is 5.91 Å². The van der Waals surface area contributed by atoms with Crippen LogP contribution in [0.1, 0.15) is 34.8 Å². The largest absolute Gasteiger partial charge is 0.343 e. The quantitative estimate of drug-likeness (QED) is 0.882. The Morgan fingerprint density at radius 1 is 1.32 bits per heavy atom. The summed E-state index contributed by atoms with van der Waals surface area (Å²) in [5, 5.41) is 8.12. The highest BCUT2D eigenvalue weighted by molar-refractivity contribution is 7.13. The van der Waals surface area contributed by atoms with E-state index in [0.29, 0.717) is 21.6 Å². The molecule has 2 aromatic rings. The summed E-state index contributed by atoms with van der Waals surface area (Å²) < 4.78 is 0. The molecule has 114 valence electrons. The van der Waals surface area contributed by atoms with Crippen LogP contribution >= 0.6 is 22.9 Å². The molecule has 1 heterocycles. The molecule has 0 saturated heterocycles. The lowest BCUT2D eigenvalue weighted by Gasteiger charge is -2.06.